The number of nitrogens with zero attached hydrogens (tertiary/aromatic N) is 2. The van der Waals surface area contributed by atoms with E-state index in [1.165, 1.54) is 5.56 Å². The third kappa shape index (κ3) is 5.81. The molecule has 1 heterocycles. The lowest BCUT2D eigenvalue weighted by atomic mass is 10.0. The molecular weight excluding hydrogens is 556 g/mol. The molecule has 2 heteroatoms. The fourth-order valence-corrected chi connectivity index (χ4v) is 5.94. The van der Waals surface area contributed by atoms with Crippen LogP contribution in [0.15, 0.2) is 157 Å². The van der Waals surface area contributed by atoms with Crippen LogP contribution >= 0.6 is 0 Å². The van der Waals surface area contributed by atoms with Crippen LogP contribution in [0.3, 0.4) is 0 Å². The van der Waals surface area contributed by atoms with Crippen LogP contribution in [-0.2, 0) is 0 Å². The summed E-state index contributed by atoms with van der Waals surface area (Å²) in [5, 5.41) is 1.08. The zero-order valence-electron chi connectivity index (χ0n) is 26.1. The molecule has 5 aromatic carbocycles. The molecule has 0 saturated carbocycles. The monoisotopic (exact) mass is 590 g/mol. The van der Waals surface area contributed by atoms with E-state index in [2.05, 4.69) is 143 Å². The smallest absolute Gasteiger partial charge is 0.0621 e. The summed E-state index contributed by atoms with van der Waals surface area (Å²) in [6.45, 7) is 4.01. The Morgan fingerprint density at radius 2 is 1.17 bits per heavy atom. The Kier molecular flexibility index (Phi) is 8.83. The first-order valence-electron chi connectivity index (χ1n) is 15.3. The Morgan fingerprint density at radius 1 is 0.630 bits per heavy atom. The number of terminal acetylenes is 2. The van der Waals surface area contributed by atoms with Gasteiger partial charge in [0.1, 0.15) is 0 Å². The normalized spacial score (nSPS) is 11.6. The van der Waals surface area contributed by atoms with Crippen molar-refractivity contribution in [2.75, 3.05) is 4.90 Å². The van der Waals surface area contributed by atoms with E-state index in [-0.39, 0.29) is 0 Å². The Labute approximate surface area is 272 Å². The van der Waals surface area contributed by atoms with Crippen molar-refractivity contribution in [1.29, 1.82) is 0 Å². The average molecular weight is 591 g/mol. The Balaban J connectivity index is 1.34. The molecule has 6 aromatic rings. The first-order valence-corrected chi connectivity index (χ1v) is 15.3. The fourth-order valence-electron chi connectivity index (χ4n) is 5.94. The largest absolute Gasteiger partial charge is 0.310 e. The maximum atomic E-state index is 5.97. The van der Waals surface area contributed by atoms with Crippen LogP contribution < -0.4 is 4.90 Å². The molecule has 0 aliphatic carbocycles. The molecule has 220 valence electrons. The number of benzene rings is 5. The van der Waals surface area contributed by atoms with Crippen LogP contribution in [0.4, 0.5) is 11.4 Å². The lowest BCUT2D eigenvalue weighted by molar-refractivity contribution is 1.10. The van der Waals surface area contributed by atoms with Gasteiger partial charge in [-0.2, -0.15) is 0 Å². The second-order valence-electron chi connectivity index (χ2n) is 10.8. The van der Waals surface area contributed by atoms with Crippen LogP contribution in [-0.4, -0.2) is 4.57 Å². The van der Waals surface area contributed by atoms with Crippen molar-refractivity contribution in [3.8, 4) is 52.6 Å². The summed E-state index contributed by atoms with van der Waals surface area (Å²) >= 11 is 0. The highest BCUT2D eigenvalue weighted by molar-refractivity contribution is 5.93. The zero-order chi connectivity index (χ0) is 31.9. The SMILES string of the molecule is C#C/C=C(\C=C/C)N(c1ccc(-c2ccccc2)cc1)c1ccc(-c2ccc(-n3c(/C=C\C)c(C#C)c4ccccc43)cc2)cc1. The van der Waals surface area contributed by atoms with E-state index in [1.807, 2.05) is 44.2 Å². The molecule has 6 rings (SSSR count). The van der Waals surface area contributed by atoms with Crippen LogP contribution in [0.5, 0.6) is 0 Å². The summed E-state index contributed by atoms with van der Waals surface area (Å²) in [6, 6.07) is 44.5. The van der Waals surface area contributed by atoms with E-state index < -0.39 is 0 Å². The van der Waals surface area contributed by atoms with Crippen LogP contribution in [0.25, 0.3) is 44.9 Å². The number of aromatic nitrogens is 1. The Morgan fingerprint density at radius 3 is 1.72 bits per heavy atom. The van der Waals surface area contributed by atoms with Crippen molar-refractivity contribution in [3.05, 3.63) is 169 Å². The van der Waals surface area contributed by atoms with Gasteiger partial charge < -0.3 is 9.47 Å². The van der Waals surface area contributed by atoms with E-state index in [0.29, 0.717) is 0 Å². The van der Waals surface area contributed by atoms with Gasteiger partial charge >= 0.3 is 0 Å². The molecule has 0 aliphatic rings. The van der Waals surface area contributed by atoms with Gasteiger partial charge in [0.25, 0.3) is 0 Å². The van der Waals surface area contributed by atoms with Crippen LogP contribution in [0.2, 0.25) is 0 Å². The van der Waals surface area contributed by atoms with E-state index >= 15 is 0 Å². The van der Waals surface area contributed by atoms with Gasteiger partial charge in [-0.05, 0) is 90.7 Å². The third-order valence-corrected chi connectivity index (χ3v) is 8.02. The van der Waals surface area contributed by atoms with Gasteiger partial charge in [-0.3, -0.25) is 0 Å². The maximum Gasteiger partial charge on any atom is 0.0621 e. The number of fused-ring (bicyclic) bond motifs is 1. The summed E-state index contributed by atoms with van der Waals surface area (Å²) in [7, 11) is 0. The predicted molar refractivity (Wildman–Crippen MR) is 197 cm³/mol. The summed E-state index contributed by atoms with van der Waals surface area (Å²) in [6.07, 6.45) is 21.7. The van der Waals surface area contributed by atoms with Gasteiger partial charge in [-0.25, -0.2) is 0 Å². The number of allylic oxidation sites excluding steroid dienone is 4. The lowest BCUT2D eigenvalue weighted by Gasteiger charge is -2.26. The van der Waals surface area contributed by atoms with Gasteiger partial charge in [-0.15, -0.1) is 12.8 Å². The van der Waals surface area contributed by atoms with E-state index in [4.69, 9.17) is 12.8 Å². The van der Waals surface area contributed by atoms with Gasteiger partial charge in [0.05, 0.1) is 22.5 Å². The summed E-state index contributed by atoms with van der Waals surface area (Å²) in [4.78, 5) is 2.19. The topological polar surface area (TPSA) is 8.17 Å². The number of anilines is 2. The van der Waals surface area contributed by atoms with Gasteiger partial charge in [-0.1, -0.05) is 109 Å². The minimum atomic E-state index is 0.906. The first kappa shape index (κ1) is 29.8. The molecule has 0 bridgehead atoms. The van der Waals surface area contributed by atoms with Gasteiger partial charge in [0.2, 0.25) is 0 Å². The van der Waals surface area contributed by atoms with E-state index in [9.17, 15) is 0 Å². The molecule has 0 fully saturated rings. The maximum absolute atomic E-state index is 5.97. The van der Waals surface area contributed by atoms with Crippen molar-refractivity contribution >= 4 is 28.4 Å². The molecule has 46 heavy (non-hydrogen) atoms. The van der Waals surface area contributed by atoms with Gasteiger partial charge in [0, 0.05) is 28.5 Å². The standard InChI is InChI=1S/C44H34N2/c1-5-14-37(15-6-2)45(38-27-21-34(22-28-38)33-17-10-9-11-18-33)39-29-23-35(24-30-39)36-25-31-40(32-26-36)46-43(16-7-3)41(8-4)42-19-12-13-20-44(42)46/h1,4,6-7,9-32H,2-3H3/b15-6-,16-7-,37-14+. The molecule has 0 N–H and O–H groups in total. The molecule has 0 amide bonds. The summed E-state index contributed by atoms with van der Waals surface area (Å²) in [5.41, 5.74) is 11.6. The van der Waals surface area contributed by atoms with Gasteiger partial charge in [0.15, 0.2) is 0 Å². The molecule has 0 saturated heterocycles. The molecule has 2 nitrogen and oxygen atoms in total. The Bertz CT molecular complexity index is 2140. The van der Waals surface area contributed by atoms with Crippen LogP contribution in [0, 0.1) is 24.7 Å². The van der Waals surface area contributed by atoms with E-state index in [1.54, 1.807) is 6.08 Å². The molecule has 0 atom stereocenters. The molecule has 0 aliphatic heterocycles. The van der Waals surface area contributed by atoms with Crippen molar-refractivity contribution in [3.63, 3.8) is 0 Å². The molecule has 1 aromatic heterocycles. The van der Waals surface area contributed by atoms with Crippen molar-refractivity contribution in [2.24, 2.45) is 0 Å². The zero-order valence-corrected chi connectivity index (χ0v) is 26.1. The third-order valence-electron chi connectivity index (χ3n) is 8.02. The summed E-state index contributed by atoms with van der Waals surface area (Å²) in [5.74, 6) is 5.64. The summed E-state index contributed by atoms with van der Waals surface area (Å²) < 4.78 is 2.24. The number of rotatable bonds is 8. The predicted octanol–water partition coefficient (Wildman–Crippen LogP) is 11.2. The second kappa shape index (κ2) is 13.6. The van der Waals surface area contributed by atoms with Crippen LogP contribution in [0.1, 0.15) is 25.1 Å². The van der Waals surface area contributed by atoms with Crippen molar-refractivity contribution in [2.45, 2.75) is 13.8 Å². The highest BCUT2D eigenvalue weighted by atomic mass is 15.1. The number of para-hydroxylation sites is 1. The van der Waals surface area contributed by atoms with Crippen molar-refractivity contribution in [1.82, 2.24) is 4.57 Å². The highest BCUT2D eigenvalue weighted by Crippen LogP contribution is 2.35. The van der Waals surface area contributed by atoms with Crippen molar-refractivity contribution < 1.29 is 0 Å². The molecule has 0 unspecified atom stereocenters. The average Bonchev–Trinajstić information content (AvgIpc) is 3.42. The molecular formula is C44H34N2. The minimum absolute atomic E-state index is 0.906. The molecule has 0 spiro atoms. The second-order valence-corrected chi connectivity index (χ2v) is 10.8. The molecule has 0 radical (unpaired) electrons. The number of hydrogen-bond donors (Lipinski definition) is 0. The fraction of sp³-hybridized carbons (Fsp3) is 0.0455. The van der Waals surface area contributed by atoms with E-state index in [0.717, 1.165) is 61.6 Å². The highest BCUT2D eigenvalue weighted by Gasteiger charge is 2.16. The number of hydrogen-bond acceptors (Lipinski definition) is 1. The minimum Gasteiger partial charge on any atom is -0.310 e. The lowest BCUT2D eigenvalue weighted by Crippen LogP contribution is -2.15. The Hall–Kier alpha value is -6.22. The first-order chi connectivity index (χ1) is 22.7. The quantitative estimate of drug-likeness (QED) is 0.126.